The lowest BCUT2D eigenvalue weighted by Gasteiger charge is -1.96. The van der Waals surface area contributed by atoms with E-state index in [1.807, 2.05) is 18.4 Å². The lowest BCUT2D eigenvalue weighted by atomic mass is 10.0. The average molecular weight is 173 g/mol. The van der Waals surface area contributed by atoms with Gasteiger partial charge in [-0.25, -0.2) is 9.13 Å². The third kappa shape index (κ3) is 2.32. The van der Waals surface area contributed by atoms with E-state index < -0.39 is 7.27 Å². The average Bonchev–Trinajstić information content (AvgIpc) is 2.34. The van der Waals surface area contributed by atoms with Crippen LogP contribution in [0.5, 0.6) is 0 Å². The van der Waals surface area contributed by atoms with Crippen molar-refractivity contribution in [3.63, 3.8) is 0 Å². The van der Waals surface area contributed by atoms with Crippen LogP contribution in [0.4, 0.5) is 8.63 Å². The molecule has 12 heavy (non-hydrogen) atoms. The van der Waals surface area contributed by atoms with Gasteiger partial charge in [0.2, 0.25) is 6.33 Å². The van der Waals surface area contributed by atoms with Gasteiger partial charge < -0.3 is 0 Å². The largest absolute Gasteiger partial charge is 0.578 e. The highest BCUT2D eigenvalue weighted by Crippen LogP contribution is 2.00. The van der Waals surface area contributed by atoms with Gasteiger partial charge in [0.05, 0.1) is 6.04 Å². The number of imidazole rings is 1. The van der Waals surface area contributed by atoms with Crippen molar-refractivity contribution in [2.45, 2.75) is 26.3 Å². The van der Waals surface area contributed by atoms with Gasteiger partial charge in [-0.05, 0) is 13.8 Å². The molecule has 0 saturated heterocycles. The minimum atomic E-state index is -2.28. The zero-order valence-electron chi connectivity index (χ0n) is 7.24. The minimum Gasteiger partial charge on any atom is -0.282 e. The van der Waals surface area contributed by atoms with Gasteiger partial charge in [-0.15, -0.1) is 0 Å². The summed E-state index contributed by atoms with van der Waals surface area (Å²) in [5.41, 5.74) is 0. The van der Waals surface area contributed by atoms with E-state index >= 15 is 0 Å². The van der Waals surface area contributed by atoms with Crippen molar-refractivity contribution in [2.24, 2.45) is 0 Å². The van der Waals surface area contributed by atoms with Gasteiger partial charge in [-0.1, -0.05) is 0 Å². The molecular formula is C7H12BF2N2+. The van der Waals surface area contributed by atoms with Crippen LogP contribution in [0.2, 0.25) is 0 Å². The lowest BCUT2D eigenvalue weighted by Crippen LogP contribution is -2.36. The molecular weight excluding hydrogens is 161 g/mol. The fourth-order valence-corrected chi connectivity index (χ4v) is 0.984. The third-order valence-electron chi connectivity index (χ3n) is 1.66. The summed E-state index contributed by atoms with van der Waals surface area (Å²) in [6.45, 7) is 4.01. The predicted octanol–water partition coefficient (Wildman–Crippen LogP) is 1.32. The Balaban J connectivity index is 2.64. The molecule has 0 fully saturated rings. The standard InChI is InChI=1S/C7H12BF2N2/c1-7(2)12-4-3-11(6-12)5-8(9)10/h3-4,6-7H,5H2,1-2H3/q+1. The second kappa shape index (κ2) is 3.69. The van der Waals surface area contributed by atoms with Crippen LogP contribution in [-0.4, -0.2) is 11.8 Å². The molecule has 0 atom stereocenters. The molecule has 0 aliphatic carbocycles. The van der Waals surface area contributed by atoms with Crippen molar-refractivity contribution >= 4 is 7.27 Å². The van der Waals surface area contributed by atoms with E-state index in [9.17, 15) is 8.63 Å². The zero-order valence-corrected chi connectivity index (χ0v) is 7.24. The number of hydrogen-bond donors (Lipinski definition) is 0. The summed E-state index contributed by atoms with van der Waals surface area (Å²) < 4.78 is 27.2. The summed E-state index contributed by atoms with van der Waals surface area (Å²) in [4.78, 5) is 0. The van der Waals surface area contributed by atoms with Gasteiger partial charge >= 0.3 is 7.27 Å². The SMILES string of the molecule is CC(C)n1cc[n+](CB(F)F)c1. The van der Waals surface area contributed by atoms with Gasteiger partial charge in [0.1, 0.15) is 18.8 Å². The lowest BCUT2D eigenvalue weighted by molar-refractivity contribution is -0.681. The number of hydrogen-bond acceptors (Lipinski definition) is 0. The molecule has 66 valence electrons. The smallest absolute Gasteiger partial charge is 0.282 e. The Bertz CT molecular complexity index is 247. The molecule has 5 heteroatoms. The first kappa shape index (κ1) is 9.22. The molecule has 2 nitrogen and oxygen atoms in total. The first-order chi connectivity index (χ1) is 5.59. The first-order valence-electron chi connectivity index (χ1n) is 3.94. The van der Waals surface area contributed by atoms with Crippen LogP contribution in [0.25, 0.3) is 0 Å². The maximum Gasteiger partial charge on any atom is 0.578 e. The highest BCUT2D eigenvalue weighted by Gasteiger charge is 2.17. The van der Waals surface area contributed by atoms with Crippen molar-refractivity contribution in [2.75, 3.05) is 0 Å². The zero-order chi connectivity index (χ0) is 9.14. The Morgan fingerprint density at radius 2 is 2.17 bits per heavy atom. The number of halogens is 2. The molecule has 0 spiro atoms. The van der Waals surface area contributed by atoms with Crippen molar-refractivity contribution in [3.05, 3.63) is 18.7 Å². The van der Waals surface area contributed by atoms with Crippen LogP contribution >= 0.6 is 0 Å². The van der Waals surface area contributed by atoms with E-state index in [-0.39, 0.29) is 6.44 Å². The van der Waals surface area contributed by atoms with Crippen LogP contribution in [0.15, 0.2) is 18.7 Å². The first-order valence-corrected chi connectivity index (χ1v) is 3.94. The van der Waals surface area contributed by atoms with Crippen LogP contribution in [0.3, 0.4) is 0 Å². The van der Waals surface area contributed by atoms with Gasteiger partial charge in [0.15, 0.2) is 0 Å². The van der Waals surface area contributed by atoms with Crippen molar-refractivity contribution < 1.29 is 13.2 Å². The monoisotopic (exact) mass is 173 g/mol. The summed E-state index contributed by atoms with van der Waals surface area (Å²) in [7, 11) is -2.28. The Hall–Kier alpha value is -0.865. The van der Waals surface area contributed by atoms with Gasteiger partial charge in [0.25, 0.3) is 0 Å². The highest BCUT2D eigenvalue weighted by molar-refractivity contribution is 6.40. The number of nitrogens with zero attached hydrogens (tertiary/aromatic N) is 2. The quantitative estimate of drug-likeness (QED) is 0.481. The molecule has 1 aromatic heterocycles. The van der Waals surface area contributed by atoms with Gasteiger partial charge in [-0.2, -0.15) is 0 Å². The molecule has 0 aliphatic rings. The summed E-state index contributed by atoms with van der Waals surface area (Å²) in [5, 5.41) is 0. The normalized spacial score (nSPS) is 10.8. The number of aromatic nitrogens is 2. The van der Waals surface area contributed by atoms with Gasteiger partial charge in [-0.3, -0.25) is 8.63 Å². The van der Waals surface area contributed by atoms with E-state index in [4.69, 9.17) is 0 Å². The molecule has 0 unspecified atom stereocenters. The molecule has 0 saturated carbocycles. The van der Waals surface area contributed by atoms with Crippen molar-refractivity contribution in [1.29, 1.82) is 0 Å². The molecule has 0 aliphatic heterocycles. The minimum absolute atomic E-state index is 0.222. The molecule has 1 heterocycles. The van der Waals surface area contributed by atoms with Crippen LogP contribution in [0, 0.1) is 0 Å². The Kier molecular flexibility index (Phi) is 2.84. The van der Waals surface area contributed by atoms with E-state index in [1.165, 1.54) is 4.57 Å². The second-order valence-corrected chi connectivity index (χ2v) is 3.04. The maximum atomic E-state index is 11.9. The van der Waals surface area contributed by atoms with Crippen LogP contribution < -0.4 is 4.57 Å². The fourth-order valence-electron chi connectivity index (χ4n) is 0.984. The second-order valence-electron chi connectivity index (χ2n) is 3.04. The summed E-state index contributed by atoms with van der Waals surface area (Å²) in [5.74, 6) is 0. The predicted molar refractivity (Wildman–Crippen MR) is 43.0 cm³/mol. The van der Waals surface area contributed by atoms with E-state index in [0.717, 1.165) is 0 Å². The summed E-state index contributed by atoms with van der Waals surface area (Å²) in [6.07, 6.45) is 4.93. The topological polar surface area (TPSA) is 8.81 Å². The molecule has 0 aromatic carbocycles. The Morgan fingerprint density at radius 1 is 1.50 bits per heavy atom. The Morgan fingerprint density at radius 3 is 2.58 bits per heavy atom. The van der Waals surface area contributed by atoms with Crippen molar-refractivity contribution in [1.82, 2.24) is 4.57 Å². The third-order valence-corrected chi connectivity index (χ3v) is 1.66. The summed E-state index contributed by atoms with van der Waals surface area (Å²) >= 11 is 0. The molecule has 0 bridgehead atoms. The highest BCUT2D eigenvalue weighted by atomic mass is 19.2. The fraction of sp³-hybridized carbons (Fsp3) is 0.571. The molecule has 1 aromatic rings. The van der Waals surface area contributed by atoms with Crippen LogP contribution in [-0.2, 0) is 6.44 Å². The van der Waals surface area contributed by atoms with Gasteiger partial charge in [0, 0.05) is 0 Å². The van der Waals surface area contributed by atoms with E-state index in [0.29, 0.717) is 6.04 Å². The van der Waals surface area contributed by atoms with Crippen molar-refractivity contribution in [3.8, 4) is 0 Å². The summed E-state index contributed by atoms with van der Waals surface area (Å²) in [6, 6.07) is 0.323. The Labute approximate surface area is 71.0 Å². The molecule has 0 radical (unpaired) electrons. The van der Waals surface area contributed by atoms with E-state index in [1.54, 1.807) is 18.7 Å². The van der Waals surface area contributed by atoms with E-state index in [2.05, 4.69) is 0 Å². The molecule has 0 N–H and O–H groups in total. The van der Waals surface area contributed by atoms with Crippen LogP contribution in [0.1, 0.15) is 19.9 Å². The molecule has 1 rings (SSSR count). The molecule has 0 amide bonds. The maximum absolute atomic E-state index is 11.9. The number of rotatable bonds is 3.